The third-order valence-corrected chi connectivity index (χ3v) is 4.63. The van der Waals surface area contributed by atoms with Crippen molar-refractivity contribution < 1.29 is 22.7 Å². The Morgan fingerprint density at radius 3 is 2.36 bits per heavy atom. The van der Waals surface area contributed by atoms with Gasteiger partial charge in [-0.05, 0) is 42.5 Å². The molecule has 1 N–H and O–H groups in total. The average molecular weight is 364 g/mol. The molecule has 0 radical (unpaired) electrons. The Labute approximate surface area is 147 Å². The molecule has 0 fully saturated rings. The summed E-state index contributed by atoms with van der Waals surface area (Å²) in [4.78, 5) is 12.0. The SMILES string of the molecule is COc1ccc(OCC(=O)Nc2cccc(N(C)S(C)(=O)=O)c2)cc1. The molecule has 0 saturated heterocycles. The summed E-state index contributed by atoms with van der Waals surface area (Å²) in [5.74, 6) is 0.889. The maximum absolute atomic E-state index is 12.0. The van der Waals surface area contributed by atoms with Gasteiger partial charge in [-0.1, -0.05) is 6.07 Å². The molecule has 25 heavy (non-hydrogen) atoms. The average Bonchev–Trinajstić information content (AvgIpc) is 2.59. The smallest absolute Gasteiger partial charge is 0.262 e. The highest BCUT2D eigenvalue weighted by atomic mass is 32.2. The van der Waals surface area contributed by atoms with E-state index in [0.717, 1.165) is 10.6 Å². The van der Waals surface area contributed by atoms with E-state index in [2.05, 4.69) is 5.32 Å². The largest absolute Gasteiger partial charge is 0.497 e. The number of benzene rings is 2. The summed E-state index contributed by atoms with van der Waals surface area (Å²) in [6.07, 6.45) is 1.11. The molecule has 2 rings (SSSR count). The van der Waals surface area contributed by atoms with Crippen molar-refractivity contribution in [1.82, 2.24) is 0 Å². The van der Waals surface area contributed by atoms with Crippen molar-refractivity contribution in [2.45, 2.75) is 0 Å². The number of carbonyl (C=O) groups excluding carboxylic acids is 1. The Kier molecular flexibility index (Phi) is 5.87. The van der Waals surface area contributed by atoms with E-state index in [1.165, 1.54) is 7.05 Å². The predicted octanol–water partition coefficient (Wildman–Crippen LogP) is 2.11. The van der Waals surface area contributed by atoms with E-state index in [1.807, 2.05) is 0 Å². The fourth-order valence-corrected chi connectivity index (χ4v) is 2.49. The molecule has 0 atom stereocenters. The van der Waals surface area contributed by atoms with Crippen LogP contribution < -0.4 is 19.1 Å². The summed E-state index contributed by atoms with van der Waals surface area (Å²) >= 11 is 0. The van der Waals surface area contributed by atoms with Gasteiger partial charge < -0.3 is 14.8 Å². The first-order valence-corrected chi connectivity index (χ1v) is 9.25. The van der Waals surface area contributed by atoms with Gasteiger partial charge >= 0.3 is 0 Å². The first kappa shape index (κ1) is 18.6. The van der Waals surface area contributed by atoms with Crippen molar-refractivity contribution in [2.75, 3.05) is 36.6 Å². The zero-order valence-electron chi connectivity index (χ0n) is 14.2. The van der Waals surface area contributed by atoms with Crippen LogP contribution in [0.5, 0.6) is 11.5 Å². The Balaban J connectivity index is 1.96. The zero-order valence-corrected chi connectivity index (χ0v) is 15.0. The fourth-order valence-electron chi connectivity index (χ4n) is 1.99. The normalized spacial score (nSPS) is 10.8. The first-order chi connectivity index (χ1) is 11.8. The van der Waals surface area contributed by atoms with Crippen molar-refractivity contribution >= 4 is 27.3 Å². The minimum absolute atomic E-state index is 0.168. The Hall–Kier alpha value is -2.74. The van der Waals surface area contributed by atoms with Crippen LogP contribution in [0.1, 0.15) is 0 Å². The second-order valence-corrected chi connectivity index (χ2v) is 7.31. The molecular weight excluding hydrogens is 344 g/mol. The molecule has 2 aromatic carbocycles. The second kappa shape index (κ2) is 7.89. The molecule has 0 spiro atoms. The molecule has 1 amide bonds. The standard InChI is InChI=1S/C17H20N2O5S/c1-19(25(3,21)22)14-6-4-5-13(11-14)18-17(20)12-24-16-9-7-15(23-2)8-10-16/h4-11H,12H2,1-3H3,(H,18,20). The number of hydrogen-bond donors (Lipinski definition) is 1. The van der Waals surface area contributed by atoms with Gasteiger partial charge in [-0.2, -0.15) is 0 Å². The van der Waals surface area contributed by atoms with E-state index in [4.69, 9.17) is 9.47 Å². The van der Waals surface area contributed by atoms with E-state index in [0.29, 0.717) is 22.9 Å². The van der Waals surface area contributed by atoms with E-state index in [1.54, 1.807) is 55.6 Å². The van der Waals surface area contributed by atoms with Crippen molar-refractivity contribution in [3.8, 4) is 11.5 Å². The molecule has 0 aliphatic rings. The summed E-state index contributed by atoms with van der Waals surface area (Å²) in [6.45, 7) is -0.168. The lowest BCUT2D eigenvalue weighted by Crippen LogP contribution is -2.25. The number of sulfonamides is 1. The van der Waals surface area contributed by atoms with E-state index < -0.39 is 10.0 Å². The maximum atomic E-state index is 12.0. The summed E-state index contributed by atoms with van der Waals surface area (Å²) in [6, 6.07) is 13.4. The van der Waals surface area contributed by atoms with Crippen molar-refractivity contribution in [3.05, 3.63) is 48.5 Å². The van der Waals surface area contributed by atoms with Crippen LogP contribution in [0.3, 0.4) is 0 Å². The molecule has 7 nitrogen and oxygen atoms in total. The van der Waals surface area contributed by atoms with Gasteiger partial charge in [0.05, 0.1) is 19.1 Å². The van der Waals surface area contributed by atoms with Gasteiger partial charge in [-0.15, -0.1) is 0 Å². The van der Waals surface area contributed by atoms with Gasteiger partial charge in [0.25, 0.3) is 5.91 Å². The fraction of sp³-hybridized carbons (Fsp3) is 0.235. The molecule has 0 bridgehead atoms. The monoisotopic (exact) mass is 364 g/mol. The lowest BCUT2D eigenvalue weighted by Gasteiger charge is -2.17. The number of carbonyl (C=O) groups is 1. The van der Waals surface area contributed by atoms with Gasteiger partial charge in [-0.3, -0.25) is 9.10 Å². The second-order valence-electron chi connectivity index (χ2n) is 5.29. The summed E-state index contributed by atoms with van der Waals surface area (Å²) in [5.41, 5.74) is 0.938. The Bertz CT molecular complexity index is 834. The van der Waals surface area contributed by atoms with E-state index in [9.17, 15) is 13.2 Å². The topological polar surface area (TPSA) is 84.9 Å². The van der Waals surface area contributed by atoms with Gasteiger partial charge in [0.2, 0.25) is 10.0 Å². The minimum Gasteiger partial charge on any atom is -0.497 e. The van der Waals surface area contributed by atoms with Gasteiger partial charge in [0.15, 0.2) is 6.61 Å². The van der Waals surface area contributed by atoms with Crippen LogP contribution >= 0.6 is 0 Å². The predicted molar refractivity (Wildman–Crippen MR) is 96.8 cm³/mol. The molecule has 0 aliphatic heterocycles. The number of nitrogens with zero attached hydrogens (tertiary/aromatic N) is 1. The molecule has 0 aliphatic carbocycles. The van der Waals surface area contributed by atoms with Crippen molar-refractivity contribution in [1.29, 1.82) is 0 Å². The molecule has 0 unspecified atom stereocenters. The maximum Gasteiger partial charge on any atom is 0.262 e. The van der Waals surface area contributed by atoms with Crippen LogP contribution in [-0.2, 0) is 14.8 Å². The number of hydrogen-bond acceptors (Lipinski definition) is 5. The highest BCUT2D eigenvalue weighted by Crippen LogP contribution is 2.20. The lowest BCUT2D eigenvalue weighted by molar-refractivity contribution is -0.118. The third-order valence-electron chi connectivity index (χ3n) is 3.42. The molecule has 134 valence electrons. The number of ether oxygens (including phenoxy) is 2. The number of nitrogens with one attached hydrogen (secondary N) is 1. The molecule has 0 aromatic heterocycles. The molecule has 0 saturated carbocycles. The molecule has 8 heteroatoms. The lowest BCUT2D eigenvalue weighted by atomic mass is 10.3. The number of amides is 1. The van der Waals surface area contributed by atoms with Crippen LogP contribution in [0, 0.1) is 0 Å². The summed E-state index contributed by atoms with van der Waals surface area (Å²) in [7, 11) is -0.352. The van der Waals surface area contributed by atoms with Crippen LogP contribution in [0.25, 0.3) is 0 Å². The first-order valence-electron chi connectivity index (χ1n) is 7.40. The van der Waals surface area contributed by atoms with Crippen molar-refractivity contribution in [2.24, 2.45) is 0 Å². The molecular formula is C17H20N2O5S. The number of anilines is 2. The van der Waals surface area contributed by atoms with Gasteiger partial charge in [0, 0.05) is 12.7 Å². The van der Waals surface area contributed by atoms with Crippen LogP contribution in [0.2, 0.25) is 0 Å². The van der Waals surface area contributed by atoms with Gasteiger partial charge in [-0.25, -0.2) is 8.42 Å². The molecule has 2 aromatic rings. The Morgan fingerprint density at radius 1 is 1.12 bits per heavy atom. The highest BCUT2D eigenvalue weighted by molar-refractivity contribution is 7.92. The quantitative estimate of drug-likeness (QED) is 0.813. The van der Waals surface area contributed by atoms with Gasteiger partial charge in [0.1, 0.15) is 11.5 Å². The third kappa shape index (κ3) is 5.39. The minimum atomic E-state index is -3.37. The van der Waals surface area contributed by atoms with Crippen molar-refractivity contribution in [3.63, 3.8) is 0 Å². The summed E-state index contributed by atoms with van der Waals surface area (Å²) in [5, 5.41) is 2.67. The van der Waals surface area contributed by atoms with Crippen LogP contribution in [-0.4, -0.2) is 41.3 Å². The zero-order chi connectivity index (χ0) is 18.4. The molecule has 0 heterocycles. The number of rotatable bonds is 7. The van der Waals surface area contributed by atoms with E-state index in [-0.39, 0.29) is 12.5 Å². The van der Waals surface area contributed by atoms with Crippen LogP contribution in [0.4, 0.5) is 11.4 Å². The van der Waals surface area contributed by atoms with E-state index >= 15 is 0 Å². The van der Waals surface area contributed by atoms with Crippen LogP contribution in [0.15, 0.2) is 48.5 Å². The summed E-state index contributed by atoms with van der Waals surface area (Å²) < 4.78 is 34.7. The Morgan fingerprint density at radius 2 is 1.76 bits per heavy atom. The number of methoxy groups -OCH3 is 1. The highest BCUT2D eigenvalue weighted by Gasteiger charge is 2.12.